The molecule has 4 nitrogen and oxygen atoms in total. The minimum atomic E-state index is -1.00. The van der Waals surface area contributed by atoms with Crippen LogP contribution >= 0.6 is 11.6 Å². The number of hydrogen-bond acceptors (Lipinski definition) is 2. The van der Waals surface area contributed by atoms with Crippen LogP contribution in [0.15, 0.2) is 36.5 Å². The molecular formula is C15H13ClN2O2. The Balaban J connectivity index is 2.02. The van der Waals surface area contributed by atoms with Gasteiger partial charge in [-0.2, -0.15) is 5.10 Å². The average molecular weight is 289 g/mol. The highest BCUT2D eigenvalue weighted by molar-refractivity contribution is 6.32. The Labute approximate surface area is 121 Å². The zero-order chi connectivity index (χ0) is 14.1. The summed E-state index contributed by atoms with van der Waals surface area (Å²) in [5, 5.41) is 13.8. The first-order valence-corrected chi connectivity index (χ1v) is 6.78. The molecule has 102 valence electrons. The number of benzene rings is 1. The number of aromatic nitrogens is 2. The molecule has 0 bridgehead atoms. The molecule has 2 aromatic rings. The van der Waals surface area contributed by atoms with Crippen molar-refractivity contribution >= 4 is 23.6 Å². The Morgan fingerprint density at radius 1 is 1.40 bits per heavy atom. The van der Waals surface area contributed by atoms with Gasteiger partial charge in [-0.1, -0.05) is 17.7 Å². The van der Waals surface area contributed by atoms with E-state index in [9.17, 15) is 4.79 Å². The van der Waals surface area contributed by atoms with E-state index in [2.05, 4.69) is 5.10 Å². The SMILES string of the molecule is O=C(O)C=Cc1c(Cl)cccc1-n1ccc(C2CC2)n1. The van der Waals surface area contributed by atoms with E-state index in [0.717, 1.165) is 17.5 Å². The van der Waals surface area contributed by atoms with E-state index in [1.807, 2.05) is 24.4 Å². The van der Waals surface area contributed by atoms with Gasteiger partial charge < -0.3 is 5.11 Å². The van der Waals surface area contributed by atoms with Gasteiger partial charge in [-0.05, 0) is 37.1 Å². The van der Waals surface area contributed by atoms with Crippen LogP contribution in [0.1, 0.15) is 30.0 Å². The summed E-state index contributed by atoms with van der Waals surface area (Å²) in [6.45, 7) is 0. The third kappa shape index (κ3) is 2.60. The molecule has 20 heavy (non-hydrogen) atoms. The molecule has 1 aliphatic rings. The Morgan fingerprint density at radius 2 is 2.20 bits per heavy atom. The minimum Gasteiger partial charge on any atom is -0.478 e. The molecule has 1 heterocycles. The second-order valence-corrected chi connectivity index (χ2v) is 5.21. The van der Waals surface area contributed by atoms with Crippen LogP contribution < -0.4 is 0 Å². The smallest absolute Gasteiger partial charge is 0.328 e. The van der Waals surface area contributed by atoms with Gasteiger partial charge in [0.05, 0.1) is 11.4 Å². The fraction of sp³-hybridized carbons (Fsp3) is 0.200. The highest BCUT2D eigenvalue weighted by atomic mass is 35.5. The summed E-state index contributed by atoms with van der Waals surface area (Å²) in [6, 6.07) is 7.44. The van der Waals surface area contributed by atoms with Crippen molar-refractivity contribution in [1.82, 2.24) is 9.78 Å². The average Bonchev–Trinajstić information content (AvgIpc) is 3.15. The van der Waals surface area contributed by atoms with Crippen molar-refractivity contribution in [1.29, 1.82) is 0 Å². The third-order valence-corrected chi connectivity index (χ3v) is 3.60. The van der Waals surface area contributed by atoms with Crippen molar-refractivity contribution in [3.05, 3.63) is 52.8 Å². The first-order chi connectivity index (χ1) is 9.65. The molecule has 0 unspecified atom stereocenters. The fourth-order valence-electron chi connectivity index (χ4n) is 2.11. The van der Waals surface area contributed by atoms with Gasteiger partial charge in [0.1, 0.15) is 0 Å². The lowest BCUT2D eigenvalue weighted by Crippen LogP contribution is -1.99. The summed E-state index contributed by atoms with van der Waals surface area (Å²) < 4.78 is 1.75. The lowest BCUT2D eigenvalue weighted by Gasteiger charge is -2.08. The van der Waals surface area contributed by atoms with Gasteiger partial charge in [0.2, 0.25) is 0 Å². The lowest BCUT2D eigenvalue weighted by atomic mass is 10.1. The van der Waals surface area contributed by atoms with Gasteiger partial charge in [-0.3, -0.25) is 0 Å². The molecule has 0 atom stereocenters. The molecule has 0 spiro atoms. The molecular weight excluding hydrogens is 276 g/mol. The molecule has 1 saturated carbocycles. The maximum Gasteiger partial charge on any atom is 0.328 e. The molecule has 1 aromatic carbocycles. The number of carbonyl (C=O) groups is 1. The predicted molar refractivity (Wildman–Crippen MR) is 77.2 cm³/mol. The Bertz CT molecular complexity index is 687. The Morgan fingerprint density at radius 3 is 2.90 bits per heavy atom. The zero-order valence-corrected chi connectivity index (χ0v) is 11.4. The number of aliphatic carboxylic acids is 1. The molecule has 5 heteroatoms. The molecule has 0 aliphatic heterocycles. The van der Waals surface area contributed by atoms with Crippen molar-refractivity contribution in [2.24, 2.45) is 0 Å². The van der Waals surface area contributed by atoms with E-state index in [-0.39, 0.29) is 0 Å². The van der Waals surface area contributed by atoms with Gasteiger partial charge in [-0.15, -0.1) is 0 Å². The summed E-state index contributed by atoms with van der Waals surface area (Å²) in [6.07, 6.45) is 6.85. The number of nitrogens with zero attached hydrogens (tertiary/aromatic N) is 2. The number of rotatable bonds is 4. The van der Waals surface area contributed by atoms with E-state index in [1.54, 1.807) is 10.7 Å². The summed E-state index contributed by atoms with van der Waals surface area (Å²) in [7, 11) is 0. The van der Waals surface area contributed by atoms with E-state index >= 15 is 0 Å². The number of halogens is 1. The molecule has 1 fully saturated rings. The van der Waals surface area contributed by atoms with Crippen molar-refractivity contribution in [2.75, 3.05) is 0 Å². The minimum absolute atomic E-state index is 0.503. The van der Waals surface area contributed by atoms with E-state index in [0.29, 0.717) is 16.5 Å². The first-order valence-electron chi connectivity index (χ1n) is 6.40. The third-order valence-electron chi connectivity index (χ3n) is 3.27. The van der Waals surface area contributed by atoms with Crippen LogP contribution in [0.2, 0.25) is 5.02 Å². The summed E-state index contributed by atoms with van der Waals surface area (Å²) in [5.74, 6) is -0.427. The second kappa shape index (κ2) is 5.13. The largest absolute Gasteiger partial charge is 0.478 e. The molecule has 3 rings (SSSR count). The van der Waals surface area contributed by atoms with Crippen LogP contribution in [0.4, 0.5) is 0 Å². The Hall–Kier alpha value is -2.07. The van der Waals surface area contributed by atoms with Crippen molar-refractivity contribution in [2.45, 2.75) is 18.8 Å². The molecule has 1 aliphatic carbocycles. The highest BCUT2D eigenvalue weighted by Crippen LogP contribution is 2.39. The van der Waals surface area contributed by atoms with Gasteiger partial charge in [0.25, 0.3) is 0 Å². The van der Waals surface area contributed by atoms with Crippen molar-refractivity contribution in [3.63, 3.8) is 0 Å². The highest BCUT2D eigenvalue weighted by Gasteiger charge is 2.26. The summed E-state index contributed by atoms with van der Waals surface area (Å²) in [5.41, 5.74) is 2.52. The van der Waals surface area contributed by atoms with Gasteiger partial charge in [0.15, 0.2) is 0 Å². The quantitative estimate of drug-likeness (QED) is 0.876. The number of hydrogen-bond donors (Lipinski definition) is 1. The maximum atomic E-state index is 10.7. The van der Waals surface area contributed by atoms with Crippen LogP contribution in [0, 0.1) is 0 Å². The topological polar surface area (TPSA) is 55.1 Å². The van der Waals surface area contributed by atoms with E-state index < -0.39 is 5.97 Å². The summed E-state index contributed by atoms with van der Waals surface area (Å²) in [4.78, 5) is 10.7. The van der Waals surface area contributed by atoms with Crippen molar-refractivity contribution in [3.8, 4) is 5.69 Å². The predicted octanol–water partition coefficient (Wildman–Crippen LogP) is 3.50. The summed E-state index contributed by atoms with van der Waals surface area (Å²) >= 11 is 6.16. The molecule has 1 N–H and O–H groups in total. The van der Waals surface area contributed by atoms with Gasteiger partial charge in [-0.25, -0.2) is 9.48 Å². The fourth-order valence-corrected chi connectivity index (χ4v) is 2.35. The molecule has 1 aromatic heterocycles. The van der Waals surface area contributed by atoms with Crippen LogP contribution in [0.25, 0.3) is 11.8 Å². The molecule has 0 amide bonds. The van der Waals surface area contributed by atoms with E-state index in [4.69, 9.17) is 16.7 Å². The van der Waals surface area contributed by atoms with Crippen LogP contribution in [0.3, 0.4) is 0 Å². The van der Waals surface area contributed by atoms with Crippen LogP contribution in [0.5, 0.6) is 0 Å². The number of carboxylic acid groups (broad SMARTS) is 1. The molecule has 0 saturated heterocycles. The lowest BCUT2D eigenvalue weighted by molar-refractivity contribution is -0.131. The van der Waals surface area contributed by atoms with Crippen LogP contribution in [-0.2, 0) is 4.79 Å². The first kappa shape index (κ1) is 12.9. The van der Waals surface area contributed by atoms with Crippen LogP contribution in [-0.4, -0.2) is 20.9 Å². The van der Waals surface area contributed by atoms with Gasteiger partial charge >= 0.3 is 5.97 Å². The normalized spacial score (nSPS) is 14.8. The maximum absolute atomic E-state index is 10.7. The van der Waals surface area contributed by atoms with Gasteiger partial charge in [0, 0.05) is 28.8 Å². The Kier molecular flexibility index (Phi) is 3.32. The monoisotopic (exact) mass is 288 g/mol. The molecule has 0 radical (unpaired) electrons. The van der Waals surface area contributed by atoms with Crippen molar-refractivity contribution < 1.29 is 9.90 Å². The van der Waals surface area contributed by atoms with E-state index in [1.165, 1.54) is 18.9 Å². The zero-order valence-electron chi connectivity index (χ0n) is 10.7. The number of carboxylic acids is 1. The second-order valence-electron chi connectivity index (χ2n) is 4.80. The standard InChI is InChI=1S/C15H13ClN2O2/c16-12-2-1-3-14(11(12)6-7-15(19)20)18-9-8-13(17-18)10-4-5-10/h1-3,6-10H,4-5H2,(H,19,20).